The van der Waals surface area contributed by atoms with Crippen molar-refractivity contribution in [2.45, 2.75) is 26.4 Å². The van der Waals surface area contributed by atoms with Gasteiger partial charge in [0.05, 0.1) is 7.11 Å². The Bertz CT molecular complexity index is 552. The summed E-state index contributed by atoms with van der Waals surface area (Å²) in [5.74, 6) is 1.65. The minimum atomic E-state index is 0.316. The summed E-state index contributed by atoms with van der Waals surface area (Å²) >= 11 is 0. The van der Waals surface area contributed by atoms with Crippen LogP contribution in [0.5, 0.6) is 5.75 Å². The van der Waals surface area contributed by atoms with E-state index in [-0.39, 0.29) is 0 Å². The highest BCUT2D eigenvalue weighted by atomic mass is 16.5. The first-order valence-corrected chi connectivity index (χ1v) is 6.72. The normalized spacial score (nSPS) is 10.6. The summed E-state index contributed by atoms with van der Waals surface area (Å²) in [5, 5.41) is 0. The minimum Gasteiger partial charge on any atom is -0.493 e. The first kappa shape index (κ1) is 14.2. The van der Waals surface area contributed by atoms with Crippen molar-refractivity contribution in [2.75, 3.05) is 17.7 Å². The van der Waals surface area contributed by atoms with Gasteiger partial charge in [0.15, 0.2) is 11.6 Å². The highest BCUT2D eigenvalue weighted by Crippen LogP contribution is 2.28. The molecule has 20 heavy (non-hydrogen) atoms. The average Bonchev–Trinajstić information content (AvgIpc) is 2.46. The van der Waals surface area contributed by atoms with Gasteiger partial charge in [-0.1, -0.05) is 12.1 Å². The third kappa shape index (κ3) is 3.20. The molecule has 0 aliphatic heterocycles. The number of ether oxygens (including phenoxy) is 1. The van der Waals surface area contributed by atoms with Gasteiger partial charge in [0.25, 0.3) is 0 Å². The second kappa shape index (κ2) is 6.28. The molecule has 1 aromatic heterocycles. The SMILES string of the molecule is COc1cccnc1N(Cc1ccc(N)cc1)C(C)C. The van der Waals surface area contributed by atoms with Gasteiger partial charge in [-0.2, -0.15) is 0 Å². The zero-order valence-electron chi connectivity index (χ0n) is 12.2. The summed E-state index contributed by atoms with van der Waals surface area (Å²) in [7, 11) is 1.67. The van der Waals surface area contributed by atoms with E-state index in [1.807, 2.05) is 36.4 Å². The Morgan fingerprint density at radius 1 is 1.20 bits per heavy atom. The van der Waals surface area contributed by atoms with Gasteiger partial charge in [-0.3, -0.25) is 0 Å². The number of pyridine rings is 1. The molecule has 1 heterocycles. The van der Waals surface area contributed by atoms with E-state index in [9.17, 15) is 0 Å². The Kier molecular flexibility index (Phi) is 4.45. The predicted molar refractivity (Wildman–Crippen MR) is 83.0 cm³/mol. The molecule has 0 saturated heterocycles. The van der Waals surface area contributed by atoms with Crippen LogP contribution in [0.15, 0.2) is 42.6 Å². The molecule has 2 N–H and O–H groups in total. The number of hydrogen-bond donors (Lipinski definition) is 1. The lowest BCUT2D eigenvalue weighted by Crippen LogP contribution is -2.31. The van der Waals surface area contributed by atoms with E-state index in [1.165, 1.54) is 5.56 Å². The van der Waals surface area contributed by atoms with Gasteiger partial charge in [-0.15, -0.1) is 0 Å². The average molecular weight is 271 g/mol. The number of anilines is 2. The Labute approximate surface area is 120 Å². The van der Waals surface area contributed by atoms with Crippen molar-refractivity contribution in [3.8, 4) is 5.75 Å². The van der Waals surface area contributed by atoms with Crippen molar-refractivity contribution in [1.29, 1.82) is 0 Å². The molecule has 0 bridgehead atoms. The first-order chi connectivity index (χ1) is 9.61. The second-order valence-electron chi connectivity index (χ2n) is 4.99. The van der Waals surface area contributed by atoms with Crippen molar-refractivity contribution < 1.29 is 4.74 Å². The number of aromatic nitrogens is 1. The van der Waals surface area contributed by atoms with Crippen LogP contribution in [0.2, 0.25) is 0 Å². The molecule has 0 radical (unpaired) electrons. The summed E-state index contributed by atoms with van der Waals surface area (Å²) in [6.45, 7) is 5.06. The van der Waals surface area contributed by atoms with E-state index in [1.54, 1.807) is 13.3 Å². The number of nitrogen functional groups attached to an aromatic ring is 1. The molecule has 0 atom stereocenters. The lowest BCUT2D eigenvalue weighted by atomic mass is 10.1. The largest absolute Gasteiger partial charge is 0.493 e. The molecule has 4 heteroatoms. The minimum absolute atomic E-state index is 0.316. The van der Waals surface area contributed by atoms with Gasteiger partial charge in [0.1, 0.15) is 0 Å². The van der Waals surface area contributed by atoms with Crippen molar-refractivity contribution in [1.82, 2.24) is 4.98 Å². The predicted octanol–water partition coefficient (Wildman–Crippen LogP) is 3.09. The maximum Gasteiger partial charge on any atom is 0.171 e. The van der Waals surface area contributed by atoms with Crippen LogP contribution in [0.3, 0.4) is 0 Å². The van der Waals surface area contributed by atoms with E-state index < -0.39 is 0 Å². The zero-order chi connectivity index (χ0) is 14.5. The first-order valence-electron chi connectivity index (χ1n) is 6.72. The molecule has 0 saturated carbocycles. The van der Waals surface area contributed by atoms with Crippen LogP contribution in [-0.2, 0) is 6.54 Å². The number of methoxy groups -OCH3 is 1. The summed E-state index contributed by atoms with van der Waals surface area (Å²) in [5.41, 5.74) is 7.70. The smallest absolute Gasteiger partial charge is 0.171 e. The Morgan fingerprint density at radius 3 is 2.50 bits per heavy atom. The number of rotatable bonds is 5. The third-order valence-corrected chi connectivity index (χ3v) is 3.20. The molecular weight excluding hydrogens is 250 g/mol. The van der Waals surface area contributed by atoms with Gasteiger partial charge in [0, 0.05) is 24.5 Å². The molecular formula is C16H21N3O. The van der Waals surface area contributed by atoms with Crippen molar-refractivity contribution >= 4 is 11.5 Å². The fraction of sp³-hybridized carbons (Fsp3) is 0.312. The topological polar surface area (TPSA) is 51.4 Å². The zero-order valence-corrected chi connectivity index (χ0v) is 12.2. The summed E-state index contributed by atoms with van der Waals surface area (Å²) in [6, 6.07) is 12.1. The summed E-state index contributed by atoms with van der Waals surface area (Å²) in [4.78, 5) is 6.67. The summed E-state index contributed by atoms with van der Waals surface area (Å²) in [6.07, 6.45) is 1.79. The van der Waals surface area contributed by atoms with Crippen LogP contribution >= 0.6 is 0 Å². The van der Waals surface area contributed by atoms with E-state index >= 15 is 0 Å². The van der Waals surface area contributed by atoms with Gasteiger partial charge in [0.2, 0.25) is 0 Å². The number of hydrogen-bond acceptors (Lipinski definition) is 4. The van der Waals surface area contributed by atoms with Crippen LogP contribution < -0.4 is 15.4 Å². The maximum atomic E-state index is 5.73. The van der Waals surface area contributed by atoms with E-state index in [0.717, 1.165) is 23.8 Å². The standard InChI is InChI=1S/C16H21N3O/c1-12(2)19(11-13-6-8-14(17)9-7-13)16-15(20-3)5-4-10-18-16/h4-10,12H,11,17H2,1-3H3. The Hall–Kier alpha value is -2.23. The molecule has 0 aliphatic carbocycles. The molecule has 0 unspecified atom stereocenters. The van der Waals surface area contributed by atoms with Crippen molar-refractivity contribution in [3.05, 3.63) is 48.2 Å². The molecule has 2 rings (SSSR count). The fourth-order valence-electron chi connectivity index (χ4n) is 2.08. The monoisotopic (exact) mass is 271 g/mol. The second-order valence-corrected chi connectivity index (χ2v) is 4.99. The molecule has 0 fully saturated rings. The molecule has 106 valence electrons. The Balaban J connectivity index is 2.29. The van der Waals surface area contributed by atoms with E-state index in [4.69, 9.17) is 10.5 Å². The number of nitrogens with zero attached hydrogens (tertiary/aromatic N) is 2. The van der Waals surface area contributed by atoms with Gasteiger partial charge in [-0.25, -0.2) is 4.98 Å². The quantitative estimate of drug-likeness (QED) is 0.849. The van der Waals surface area contributed by atoms with Crippen LogP contribution in [0, 0.1) is 0 Å². The van der Waals surface area contributed by atoms with Crippen LogP contribution in [0.1, 0.15) is 19.4 Å². The highest BCUT2D eigenvalue weighted by molar-refractivity contribution is 5.53. The van der Waals surface area contributed by atoms with Crippen LogP contribution in [-0.4, -0.2) is 18.1 Å². The third-order valence-electron chi connectivity index (χ3n) is 3.20. The molecule has 4 nitrogen and oxygen atoms in total. The fourth-order valence-corrected chi connectivity index (χ4v) is 2.08. The molecule has 0 aliphatic rings. The van der Waals surface area contributed by atoms with Crippen LogP contribution in [0.4, 0.5) is 11.5 Å². The number of nitrogens with two attached hydrogens (primary N) is 1. The molecule has 2 aromatic rings. The Morgan fingerprint density at radius 2 is 1.90 bits per heavy atom. The van der Waals surface area contributed by atoms with E-state index in [0.29, 0.717) is 6.04 Å². The highest BCUT2D eigenvalue weighted by Gasteiger charge is 2.16. The summed E-state index contributed by atoms with van der Waals surface area (Å²) < 4.78 is 5.41. The molecule has 0 amide bonds. The van der Waals surface area contributed by atoms with Gasteiger partial charge in [-0.05, 0) is 43.7 Å². The molecule has 0 spiro atoms. The van der Waals surface area contributed by atoms with Crippen LogP contribution in [0.25, 0.3) is 0 Å². The molecule has 1 aromatic carbocycles. The lowest BCUT2D eigenvalue weighted by Gasteiger charge is -2.29. The maximum absolute atomic E-state index is 5.73. The van der Waals surface area contributed by atoms with Crippen molar-refractivity contribution in [2.24, 2.45) is 0 Å². The van der Waals surface area contributed by atoms with Crippen molar-refractivity contribution in [3.63, 3.8) is 0 Å². The van der Waals surface area contributed by atoms with E-state index in [2.05, 4.69) is 23.7 Å². The number of benzene rings is 1. The lowest BCUT2D eigenvalue weighted by molar-refractivity contribution is 0.411. The van der Waals surface area contributed by atoms with Gasteiger partial charge >= 0.3 is 0 Å². The van der Waals surface area contributed by atoms with Gasteiger partial charge < -0.3 is 15.4 Å².